The van der Waals surface area contributed by atoms with Crippen LogP contribution in [0.25, 0.3) is 11.1 Å². The van der Waals surface area contributed by atoms with Gasteiger partial charge < -0.3 is 4.42 Å². The second-order valence-electron chi connectivity index (χ2n) is 2.73. The first-order valence-electron chi connectivity index (χ1n) is 3.99. The molecule has 0 saturated heterocycles. The topological polar surface area (TPSA) is 13.1 Å². The Balaban J connectivity index is 2.40. The summed E-state index contributed by atoms with van der Waals surface area (Å²) in [6.07, 6.45) is 8.62. The molecule has 0 bridgehead atoms. The third kappa shape index (κ3) is 1.47. The molecule has 0 unspecified atom stereocenters. The molecule has 0 fully saturated rings. The van der Waals surface area contributed by atoms with Gasteiger partial charge in [0.1, 0.15) is 0 Å². The number of benzene rings is 1. The van der Waals surface area contributed by atoms with Gasteiger partial charge in [-0.15, -0.1) is 6.42 Å². The van der Waals surface area contributed by atoms with Gasteiger partial charge in [0.25, 0.3) is 0 Å². The highest BCUT2D eigenvalue weighted by atomic mass is 16.3. The summed E-state index contributed by atoms with van der Waals surface area (Å²) in [5.41, 5.74) is 3.09. The molecule has 0 N–H and O–H groups in total. The summed E-state index contributed by atoms with van der Waals surface area (Å²) in [7, 11) is 0. The Kier molecular flexibility index (Phi) is 1.90. The van der Waals surface area contributed by atoms with Crippen LogP contribution >= 0.6 is 0 Å². The van der Waals surface area contributed by atoms with Gasteiger partial charge in [0, 0.05) is 11.1 Å². The summed E-state index contributed by atoms with van der Waals surface area (Å²) < 4.78 is 4.99. The standard InChI is InChI=1S/C12H8O/c1-2-10-3-5-11(6-4-10)12-7-8-13-9-12/h1,3-9H. The number of hydrogen-bond acceptors (Lipinski definition) is 1. The van der Waals surface area contributed by atoms with E-state index in [9.17, 15) is 0 Å². The summed E-state index contributed by atoms with van der Waals surface area (Å²) in [4.78, 5) is 0. The van der Waals surface area contributed by atoms with Crippen molar-refractivity contribution in [1.82, 2.24) is 0 Å². The lowest BCUT2D eigenvalue weighted by atomic mass is 10.1. The molecule has 2 aromatic rings. The predicted octanol–water partition coefficient (Wildman–Crippen LogP) is 2.93. The van der Waals surface area contributed by atoms with E-state index < -0.39 is 0 Å². The van der Waals surface area contributed by atoms with Crippen molar-refractivity contribution in [1.29, 1.82) is 0 Å². The molecule has 0 aliphatic rings. The zero-order valence-electron chi connectivity index (χ0n) is 7.03. The molecular weight excluding hydrogens is 160 g/mol. The lowest BCUT2D eigenvalue weighted by molar-refractivity contribution is 0.568. The molecule has 0 atom stereocenters. The lowest BCUT2D eigenvalue weighted by Gasteiger charge is -1.95. The van der Waals surface area contributed by atoms with E-state index in [1.165, 1.54) is 0 Å². The SMILES string of the molecule is C#Cc1ccc(-c2ccoc2)cc1. The van der Waals surface area contributed by atoms with Gasteiger partial charge in [0.15, 0.2) is 0 Å². The highest BCUT2D eigenvalue weighted by molar-refractivity contribution is 5.62. The Labute approximate surface area is 77.0 Å². The van der Waals surface area contributed by atoms with Crippen LogP contribution in [0.4, 0.5) is 0 Å². The van der Waals surface area contributed by atoms with Crippen molar-refractivity contribution in [3.05, 3.63) is 48.4 Å². The van der Waals surface area contributed by atoms with E-state index in [1.807, 2.05) is 30.3 Å². The van der Waals surface area contributed by atoms with Crippen molar-refractivity contribution in [2.45, 2.75) is 0 Å². The Morgan fingerprint density at radius 3 is 2.31 bits per heavy atom. The van der Waals surface area contributed by atoms with Gasteiger partial charge in [0.2, 0.25) is 0 Å². The lowest BCUT2D eigenvalue weighted by Crippen LogP contribution is -1.75. The van der Waals surface area contributed by atoms with Crippen molar-refractivity contribution >= 4 is 0 Å². The zero-order valence-corrected chi connectivity index (χ0v) is 7.03. The maximum Gasteiger partial charge on any atom is 0.0980 e. The Bertz CT molecular complexity index is 415. The van der Waals surface area contributed by atoms with E-state index in [0.717, 1.165) is 16.7 Å². The van der Waals surface area contributed by atoms with Gasteiger partial charge in [-0.2, -0.15) is 0 Å². The second-order valence-corrected chi connectivity index (χ2v) is 2.73. The number of rotatable bonds is 1. The Morgan fingerprint density at radius 1 is 1.00 bits per heavy atom. The molecule has 13 heavy (non-hydrogen) atoms. The molecule has 0 amide bonds. The number of hydrogen-bond donors (Lipinski definition) is 0. The summed E-state index contributed by atoms with van der Waals surface area (Å²) in [6.45, 7) is 0. The summed E-state index contributed by atoms with van der Waals surface area (Å²) >= 11 is 0. The molecule has 0 saturated carbocycles. The fourth-order valence-corrected chi connectivity index (χ4v) is 1.19. The fraction of sp³-hybridized carbons (Fsp3) is 0. The van der Waals surface area contributed by atoms with Gasteiger partial charge >= 0.3 is 0 Å². The third-order valence-electron chi connectivity index (χ3n) is 1.91. The fourth-order valence-electron chi connectivity index (χ4n) is 1.19. The average Bonchev–Trinajstić information content (AvgIpc) is 2.71. The molecule has 1 heterocycles. The van der Waals surface area contributed by atoms with Crippen LogP contribution in [0.15, 0.2) is 47.3 Å². The van der Waals surface area contributed by atoms with E-state index in [-0.39, 0.29) is 0 Å². The first-order valence-corrected chi connectivity index (χ1v) is 3.99. The van der Waals surface area contributed by atoms with Crippen LogP contribution in [0, 0.1) is 12.3 Å². The van der Waals surface area contributed by atoms with E-state index in [4.69, 9.17) is 10.8 Å². The van der Waals surface area contributed by atoms with Crippen LogP contribution in [-0.2, 0) is 0 Å². The summed E-state index contributed by atoms with van der Waals surface area (Å²) in [5.74, 6) is 2.58. The summed E-state index contributed by atoms with van der Waals surface area (Å²) in [6, 6.07) is 9.73. The van der Waals surface area contributed by atoms with Crippen LogP contribution in [0.1, 0.15) is 5.56 Å². The van der Waals surface area contributed by atoms with Gasteiger partial charge in [-0.3, -0.25) is 0 Å². The van der Waals surface area contributed by atoms with E-state index >= 15 is 0 Å². The largest absolute Gasteiger partial charge is 0.472 e. The molecule has 1 aromatic heterocycles. The normalized spacial score (nSPS) is 9.46. The van der Waals surface area contributed by atoms with Crippen molar-refractivity contribution < 1.29 is 4.42 Å². The van der Waals surface area contributed by atoms with Gasteiger partial charge in [-0.25, -0.2) is 0 Å². The molecule has 0 radical (unpaired) electrons. The molecule has 2 rings (SSSR count). The maximum atomic E-state index is 5.25. The van der Waals surface area contributed by atoms with Gasteiger partial charge in [-0.05, 0) is 23.8 Å². The number of terminal acetylenes is 1. The molecule has 0 aliphatic carbocycles. The molecular formula is C12H8O. The van der Waals surface area contributed by atoms with Crippen LogP contribution < -0.4 is 0 Å². The molecule has 0 spiro atoms. The van der Waals surface area contributed by atoms with E-state index in [0.29, 0.717) is 0 Å². The van der Waals surface area contributed by atoms with Gasteiger partial charge in [-0.1, -0.05) is 18.1 Å². The smallest absolute Gasteiger partial charge is 0.0980 e. The third-order valence-corrected chi connectivity index (χ3v) is 1.91. The van der Waals surface area contributed by atoms with Crippen LogP contribution in [0.5, 0.6) is 0 Å². The Morgan fingerprint density at radius 2 is 1.77 bits per heavy atom. The van der Waals surface area contributed by atoms with Crippen molar-refractivity contribution in [2.75, 3.05) is 0 Å². The molecule has 1 nitrogen and oxygen atoms in total. The van der Waals surface area contributed by atoms with Crippen molar-refractivity contribution in [3.8, 4) is 23.5 Å². The monoisotopic (exact) mass is 168 g/mol. The summed E-state index contributed by atoms with van der Waals surface area (Å²) in [5, 5.41) is 0. The van der Waals surface area contributed by atoms with E-state index in [2.05, 4.69) is 5.92 Å². The minimum atomic E-state index is 0.896. The minimum absolute atomic E-state index is 0.896. The average molecular weight is 168 g/mol. The second kappa shape index (κ2) is 3.20. The highest BCUT2D eigenvalue weighted by Crippen LogP contribution is 2.19. The van der Waals surface area contributed by atoms with Crippen LogP contribution in [-0.4, -0.2) is 0 Å². The van der Waals surface area contributed by atoms with E-state index in [1.54, 1.807) is 12.5 Å². The van der Waals surface area contributed by atoms with Crippen molar-refractivity contribution in [2.24, 2.45) is 0 Å². The minimum Gasteiger partial charge on any atom is -0.472 e. The predicted molar refractivity (Wildman–Crippen MR) is 52.1 cm³/mol. The molecule has 62 valence electrons. The first kappa shape index (κ1) is 7.70. The quantitative estimate of drug-likeness (QED) is 0.597. The highest BCUT2D eigenvalue weighted by Gasteiger charge is 1.97. The molecule has 1 aromatic carbocycles. The molecule has 0 aliphatic heterocycles. The van der Waals surface area contributed by atoms with Gasteiger partial charge in [0.05, 0.1) is 12.5 Å². The van der Waals surface area contributed by atoms with Crippen molar-refractivity contribution in [3.63, 3.8) is 0 Å². The van der Waals surface area contributed by atoms with Crippen LogP contribution in [0.3, 0.4) is 0 Å². The van der Waals surface area contributed by atoms with Crippen LogP contribution in [0.2, 0.25) is 0 Å². The number of furan rings is 1. The zero-order chi connectivity index (χ0) is 9.10. The Hall–Kier alpha value is -1.94. The molecule has 1 heteroatoms. The first-order chi connectivity index (χ1) is 6.40. The maximum absolute atomic E-state index is 5.25.